The molecule has 0 N–H and O–H groups in total. The molecule has 0 spiro atoms. The number of ether oxygens (including phenoxy) is 1. The summed E-state index contributed by atoms with van der Waals surface area (Å²) >= 11 is 5.56. The molecule has 0 radical (unpaired) electrons. The van der Waals surface area contributed by atoms with Crippen LogP contribution in [0.15, 0.2) is 42.5 Å². The average molecular weight is 340 g/mol. The molecule has 1 nitrogen and oxygen atoms in total. The monoisotopic (exact) mass is 338 g/mol. The van der Waals surface area contributed by atoms with Gasteiger partial charge in [0.25, 0.3) is 0 Å². The molecule has 0 aromatic heterocycles. The molecule has 0 aliphatic rings. The summed E-state index contributed by atoms with van der Waals surface area (Å²) < 4.78 is 18.5. The van der Waals surface area contributed by atoms with Gasteiger partial charge in [0.1, 0.15) is 11.6 Å². The van der Waals surface area contributed by atoms with Crippen molar-refractivity contribution in [3.63, 3.8) is 0 Å². The standard InChI is InChI=1S/C13H9ClFO.BrH.Mg/c14-12-7-6-11(8-13(12)15)16-9-10-4-2-1-3-5-10;;/h2-8H,9H2;1H;/q-1;;+2/p-1. The molecule has 90 valence electrons. The van der Waals surface area contributed by atoms with Crippen LogP contribution in [0.3, 0.4) is 0 Å². The third-order valence-corrected chi connectivity index (χ3v) is 2.39. The molecule has 2 rings (SSSR count). The van der Waals surface area contributed by atoms with Crippen molar-refractivity contribution < 1.29 is 26.1 Å². The average Bonchev–Trinajstić information content (AvgIpc) is 2.32. The predicted molar refractivity (Wildman–Crippen MR) is 66.8 cm³/mol. The number of hydrogen-bond acceptors (Lipinski definition) is 1. The smallest absolute Gasteiger partial charge is 1.00 e. The van der Waals surface area contributed by atoms with Gasteiger partial charge in [-0.1, -0.05) is 11.6 Å². The summed E-state index contributed by atoms with van der Waals surface area (Å²) in [5.74, 6) is -0.00436. The Bertz CT molecular complexity index is 482. The summed E-state index contributed by atoms with van der Waals surface area (Å²) in [7, 11) is 0. The number of benzene rings is 2. The Morgan fingerprint density at radius 3 is 2.44 bits per heavy atom. The fourth-order valence-electron chi connectivity index (χ4n) is 1.25. The first-order valence-electron chi connectivity index (χ1n) is 4.78. The van der Waals surface area contributed by atoms with Gasteiger partial charge < -0.3 is 21.7 Å². The fraction of sp³-hybridized carbons (Fsp3) is 0.0769. The minimum absolute atomic E-state index is 0. The molecule has 18 heavy (non-hydrogen) atoms. The van der Waals surface area contributed by atoms with E-state index in [4.69, 9.17) is 16.3 Å². The summed E-state index contributed by atoms with van der Waals surface area (Å²) in [5.41, 5.74) is 1.01. The van der Waals surface area contributed by atoms with Crippen LogP contribution in [0.2, 0.25) is 5.02 Å². The molecule has 0 atom stereocenters. The van der Waals surface area contributed by atoms with Gasteiger partial charge in [0.05, 0.1) is 11.6 Å². The first-order valence-corrected chi connectivity index (χ1v) is 5.16. The Balaban J connectivity index is 0.00000144. The third kappa shape index (κ3) is 5.14. The molecule has 0 heterocycles. The summed E-state index contributed by atoms with van der Waals surface area (Å²) in [6.45, 7) is 0.399. The van der Waals surface area contributed by atoms with Gasteiger partial charge >= 0.3 is 23.1 Å². The van der Waals surface area contributed by atoms with Crippen LogP contribution in [0.25, 0.3) is 0 Å². The molecular weight excluding hydrogens is 331 g/mol. The summed E-state index contributed by atoms with van der Waals surface area (Å²) in [4.78, 5) is 0. The van der Waals surface area contributed by atoms with Crippen LogP contribution in [0.5, 0.6) is 5.75 Å². The van der Waals surface area contributed by atoms with E-state index in [1.165, 1.54) is 12.1 Å². The quantitative estimate of drug-likeness (QED) is 0.584. The first-order chi connectivity index (χ1) is 7.75. The van der Waals surface area contributed by atoms with Gasteiger partial charge in [-0.2, -0.15) is 30.3 Å². The zero-order chi connectivity index (χ0) is 11.4. The largest absolute Gasteiger partial charge is 2.00 e. The molecule has 0 saturated carbocycles. The van der Waals surface area contributed by atoms with E-state index in [1.54, 1.807) is 18.2 Å². The Labute approximate surface area is 137 Å². The van der Waals surface area contributed by atoms with Gasteiger partial charge in [-0.25, -0.2) is 4.39 Å². The second-order valence-electron chi connectivity index (χ2n) is 3.27. The van der Waals surface area contributed by atoms with E-state index in [2.05, 4.69) is 6.07 Å². The molecule has 0 bridgehead atoms. The molecular formula is C13H9BrClFMgO. The Kier molecular flexibility index (Phi) is 8.60. The van der Waals surface area contributed by atoms with Gasteiger partial charge in [0.2, 0.25) is 0 Å². The predicted octanol–water partition coefficient (Wildman–Crippen LogP) is 0.481. The topological polar surface area (TPSA) is 9.23 Å². The van der Waals surface area contributed by atoms with Crippen molar-refractivity contribution in [1.29, 1.82) is 0 Å². The van der Waals surface area contributed by atoms with Gasteiger partial charge in [-0.3, -0.25) is 0 Å². The van der Waals surface area contributed by atoms with E-state index in [0.717, 1.165) is 5.56 Å². The fourth-order valence-corrected chi connectivity index (χ4v) is 1.37. The molecule has 5 heteroatoms. The first kappa shape index (κ1) is 17.7. The van der Waals surface area contributed by atoms with Crippen LogP contribution >= 0.6 is 11.6 Å². The zero-order valence-corrected chi connectivity index (χ0v) is 13.3. The van der Waals surface area contributed by atoms with Crippen molar-refractivity contribution in [3.05, 3.63) is 64.9 Å². The van der Waals surface area contributed by atoms with Crippen molar-refractivity contribution in [2.24, 2.45) is 0 Å². The van der Waals surface area contributed by atoms with Crippen molar-refractivity contribution in [2.45, 2.75) is 6.61 Å². The molecule has 0 fully saturated rings. The Morgan fingerprint density at radius 1 is 1.17 bits per heavy atom. The van der Waals surface area contributed by atoms with Gasteiger partial charge in [0.15, 0.2) is 0 Å². The molecule has 0 amide bonds. The van der Waals surface area contributed by atoms with E-state index >= 15 is 0 Å². The molecule has 0 unspecified atom stereocenters. The number of halogens is 3. The van der Waals surface area contributed by atoms with E-state index < -0.39 is 5.82 Å². The van der Waals surface area contributed by atoms with E-state index in [-0.39, 0.29) is 45.1 Å². The van der Waals surface area contributed by atoms with Crippen molar-refractivity contribution >= 4 is 34.7 Å². The van der Waals surface area contributed by atoms with Crippen LogP contribution < -0.4 is 21.7 Å². The summed E-state index contributed by atoms with van der Waals surface area (Å²) in [6, 6.07) is 14.7. The minimum Gasteiger partial charge on any atom is -1.00 e. The number of hydrogen-bond donors (Lipinski definition) is 0. The minimum atomic E-state index is -0.472. The van der Waals surface area contributed by atoms with Gasteiger partial charge in [0, 0.05) is 6.07 Å². The van der Waals surface area contributed by atoms with Crippen LogP contribution in [-0.4, -0.2) is 23.1 Å². The third-order valence-electron chi connectivity index (χ3n) is 2.08. The molecule has 2 aromatic carbocycles. The van der Waals surface area contributed by atoms with Crippen LogP contribution in [0.1, 0.15) is 5.56 Å². The van der Waals surface area contributed by atoms with Crippen LogP contribution in [0, 0.1) is 11.9 Å². The maximum atomic E-state index is 13.1. The Hall–Kier alpha value is -0.294. The van der Waals surface area contributed by atoms with E-state index in [0.29, 0.717) is 12.4 Å². The van der Waals surface area contributed by atoms with Crippen LogP contribution in [-0.2, 0) is 6.61 Å². The maximum Gasteiger partial charge on any atom is 2.00 e. The normalized spacial score (nSPS) is 9.00. The number of rotatable bonds is 3. The summed E-state index contributed by atoms with van der Waals surface area (Å²) in [5, 5.41) is 0.0988. The maximum absolute atomic E-state index is 13.1. The second-order valence-corrected chi connectivity index (χ2v) is 3.68. The summed E-state index contributed by atoms with van der Waals surface area (Å²) in [6.07, 6.45) is 0. The Morgan fingerprint density at radius 2 is 1.83 bits per heavy atom. The van der Waals surface area contributed by atoms with Crippen molar-refractivity contribution in [2.75, 3.05) is 0 Å². The molecule has 0 aliphatic heterocycles. The van der Waals surface area contributed by atoms with Crippen molar-refractivity contribution in [1.82, 2.24) is 0 Å². The molecule has 0 saturated heterocycles. The van der Waals surface area contributed by atoms with E-state index in [1.807, 2.05) is 12.1 Å². The SMILES string of the molecule is Fc1cc(OCc2cc[c-]cc2)ccc1Cl.[Br-].[Mg+2]. The molecule has 0 aliphatic carbocycles. The van der Waals surface area contributed by atoms with Crippen molar-refractivity contribution in [3.8, 4) is 5.75 Å². The van der Waals surface area contributed by atoms with Crippen LogP contribution in [0.4, 0.5) is 4.39 Å². The van der Waals surface area contributed by atoms with Gasteiger partial charge in [-0.05, 0) is 12.1 Å². The molecule has 2 aromatic rings. The zero-order valence-electron chi connectivity index (χ0n) is 9.50. The second kappa shape index (κ2) is 8.75. The van der Waals surface area contributed by atoms with Gasteiger partial charge in [-0.15, -0.1) is 5.56 Å². The van der Waals surface area contributed by atoms with E-state index in [9.17, 15) is 4.39 Å².